The maximum Gasteiger partial charge on any atom is 0.104 e. The van der Waals surface area contributed by atoms with E-state index in [-0.39, 0.29) is 6.61 Å². The van der Waals surface area contributed by atoms with E-state index >= 15 is 0 Å². The third-order valence-corrected chi connectivity index (χ3v) is 4.41. The van der Waals surface area contributed by atoms with Crippen LogP contribution in [0.3, 0.4) is 0 Å². The van der Waals surface area contributed by atoms with Gasteiger partial charge in [0.2, 0.25) is 0 Å². The Labute approximate surface area is 118 Å². The lowest BCUT2D eigenvalue weighted by atomic mass is 10.0. The van der Waals surface area contributed by atoms with Crippen LogP contribution in [0.25, 0.3) is 0 Å². The highest BCUT2D eigenvalue weighted by Crippen LogP contribution is 2.30. The van der Waals surface area contributed by atoms with E-state index in [2.05, 4.69) is 29.9 Å². The van der Waals surface area contributed by atoms with E-state index in [9.17, 15) is 5.11 Å². The average molecular weight is 279 g/mol. The highest BCUT2D eigenvalue weighted by atomic mass is 32.1. The topological polar surface area (TPSA) is 43.7 Å². The molecule has 4 heteroatoms. The fourth-order valence-corrected chi connectivity index (χ4v) is 3.58. The molecular weight excluding hydrogens is 258 g/mol. The van der Waals surface area contributed by atoms with Crippen molar-refractivity contribution in [3.63, 3.8) is 0 Å². The Bertz CT molecular complexity index is 466. The summed E-state index contributed by atoms with van der Waals surface area (Å²) in [4.78, 5) is 3.42. The van der Waals surface area contributed by atoms with Crippen LogP contribution in [0.4, 0.5) is 0 Å². The second-order valence-corrected chi connectivity index (χ2v) is 6.36. The zero-order chi connectivity index (χ0) is 13.7. The van der Waals surface area contributed by atoms with Crippen molar-refractivity contribution in [3.8, 4) is 11.8 Å². The molecule has 0 bridgehead atoms. The van der Waals surface area contributed by atoms with Crippen molar-refractivity contribution in [1.29, 1.82) is 0 Å². The van der Waals surface area contributed by atoms with Crippen LogP contribution in [0.1, 0.15) is 36.1 Å². The molecule has 0 saturated heterocycles. The van der Waals surface area contributed by atoms with Gasteiger partial charge in [-0.15, -0.1) is 11.3 Å². The Hall–Kier alpha value is -0.860. The van der Waals surface area contributed by atoms with Crippen molar-refractivity contribution < 1.29 is 10.2 Å². The Kier molecular flexibility index (Phi) is 5.00. The van der Waals surface area contributed by atoms with E-state index in [0.717, 1.165) is 44.3 Å². The minimum Gasteiger partial charge on any atom is -0.389 e. The molecular formula is C15H21NO2S. The molecule has 2 N–H and O–H groups in total. The lowest BCUT2D eigenvalue weighted by Crippen LogP contribution is -2.38. The number of likely N-dealkylation sites (N-methyl/N-ethyl adjacent to an activating group) is 1. The van der Waals surface area contributed by atoms with Gasteiger partial charge in [-0.1, -0.05) is 24.7 Å². The number of nitrogens with zero attached hydrogens (tertiary/aromatic N) is 1. The van der Waals surface area contributed by atoms with Crippen molar-refractivity contribution in [3.05, 3.63) is 21.9 Å². The first-order chi connectivity index (χ1) is 9.11. The maximum absolute atomic E-state index is 10.4. The van der Waals surface area contributed by atoms with Gasteiger partial charge in [-0.2, -0.15) is 0 Å². The Morgan fingerprint density at radius 1 is 1.42 bits per heavy atom. The van der Waals surface area contributed by atoms with Crippen LogP contribution in [0.15, 0.2) is 11.4 Å². The summed E-state index contributed by atoms with van der Waals surface area (Å²) < 4.78 is 0. The zero-order valence-electron chi connectivity index (χ0n) is 11.4. The van der Waals surface area contributed by atoms with Crippen molar-refractivity contribution in [2.24, 2.45) is 0 Å². The second kappa shape index (κ2) is 6.53. The summed E-state index contributed by atoms with van der Waals surface area (Å²) in [7, 11) is 2.05. The molecule has 1 aromatic heterocycles. The van der Waals surface area contributed by atoms with Gasteiger partial charge in [-0.3, -0.25) is 4.90 Å². The summed E-state index contributed by atoms with van der Waals surface area (Å²) >= 11 is 1.68. The SMILES string of the molecule is CN(Cc1cc(C#CCO)cs1)CC1(O)CCCC1. The van der Waals surface area contributed by atoms with Gasteiger partial charge in [0.1, 0.15) is 6.61 Å². The van der Waals surface area contributed by atoms with Crippen LogP contribution in [-0.2, 0) is 6.54 Å². The van der Waals surface area contributed by atoms with Gasteiger partial charge >= 0.3 is 0 Å². The summed E-state index contributed by atoms with van der Waals surface area (Å²) in [5, 5.41) is 21.0. The van der Waals surface area contributed by atoms with Crippen LogP contribution in [-0.4, -0.2) is 40.9 Å². The lowest BCUT2D eigenvalue weighted by molar-refractivity contribution is 0.0147. The second-order valence-electron chi connectivity index (χ2n) is 5.37. The number of aliphatic hydroxyl groups is 2. The first kappa shape index (κ1) is 14.5. The van der Waals surface area contributed by atoms with Gasteiger partial charge in [0.15, 0.2) is 0 Å². The van der Waals surface area contributed by atoms with Crippen LogP contribution in [0, 0.1) is 11.8 Å². The molecule has 3 nitrogen and oxygen atoms in total. The summed E-state index contributed by atoms with van der Waals surface area (Å²) in [5.41, 5.74) is 0.480. The number of hydrogen-bond donors (Lipinski definition) is 2. The minimum absolute atomic E-state index is 0.0991. The van der Waals surface area contributed by atoms with Crippen LogP contribution in [0.2, 0.25) is 0 Å². The molecule has 1 fully saturated rings. The minimum atomic E-state index is -0.481. The number of hydrogen-bond acceptors (Lipinski definition) is 4. The average Bonchev–Trinajstić information content (AvgIpc) is 2.96. The fraction of sp³-hybridized carbons (Fsp3) is 0.600. The Balaban J connectivity index is 1.88. The largest absolute Gasteiger partial charge is 0.389 e. The number of thiophene rings is 1. The van der Waals surface area contributed by atoms with Crippen molar-refractivity contribution >= 4 is 11.3 Å². The van der Waals surface area contributed by atoms with E-state index < -0.39 is 5.60 Å². The quantitative estimate of drug-likeness (QED) is 0.827. The number of aliphatic hydroxyl groups excluding tert-OH is 1. The fourth-order valence-electron chi connectivity index (χ4n) is 2.69. The zero-order valence-corrected chi connectivity index (χ0v) is 12.2. The Morgan fingerprint density at radius 3 is 2.84 bits per heavy atom. The third-order valence-electron chi connectivity index (χ3n) is 3.49. The molecule has 0 atom stereocenters. The molecule has 0 aliphatic heterocycles. The van der Waals surface area contributed by atoms with Crippen LogP contribution in [0.5, 0.6) is 0 Å². The number of rotatable bonds is 4. The summed E-state index contributed by atoms with van der Waals surface area (Å²) in [6, 6.07) is 2.06. The Morgan fingerprint density at radius 2 is 2.16 bits per heavy atom. The van der Waals surface area contributed by atoms with E-state index in [1.54, 1.807) is 11.3 Å². The van der Waals surface area contributed by atoms with Crippen LogP contribution >= 0.6 is 11.3 Å². The molecule has 2 rings (SSSR count). The molecule has 19 heavy (non-hydrogen) atoms. The van der Waals surface area contributed by atoms with Crippen molar-refractivity contribution in [2.75, 3.05) is 20.2 Å². The van der Waals surface area contributed by atoms with Gasteiger partial charge in [-0.25, -0.2) is 0 Å². The smallest absolute Gasteiger partial charge is 0.104 e. The molecule has 0 spiro atoms. The lowest BCUT2D eigenvalue weighted by Gasteiger charge is -2.28. The molecule has 1 saturated carbocycles. The van der Waals surface area contributed by atoms with Gasteiger partial charge in [0.25, 0.3) is 0 Å². The predicted octanol–water partition coefficient (Wildman–Crippen LogP) is 1.83. The molecule has 0 amide bonds. The first-order valence-corrected chi connectivity index (χ1v) is 7.57. The highest BCUT2D eigenvalue weighted by Gasteiger charge is 2.32. The molecule has 0 unspecified atom stereocenters. The van der Waals surface area contributed by atoms with Crippen LogP contribution < -0.4 is 0 Å². The molecule has 0 radical (unpaired) electrons. The third kappa shape index (κ3) is 4.32. The summed E-state index contributed by atoms with van der Waals surface area (Å²) in [6.07, 6.45) is 4.14. The van der Waals surface area contributed by atoms with Crippen molar-refractivity contribution in [2.45, 2.75) is 37.8 Å². The molecule has 1 aromatic rings. The summed E-state index contributed by atoms with van der Waals surface area (Å²) in [6.45, 7) is 1.48. The molecule has 1 aliphatic carbocycles. The van der Waals surface area contributed by atoms with Gasteiger partial charge < -0.3 is 10.2 Å². The highest BCUT2D eigenvalue weighted by molar-refractivity contribution is 7.10. The normalized spacial score (nSPS) is 17.5. The van der Waals surface area contributed by atoms with Gasteiger partial charge in [0, 0.05) is 28.9 Å². The van der Waals surface area contributed by atoms with E-state index in [1.807, 2.05) is 5.38 Å². The van der Waals surface area contributed by atoms with Crippen molar-refractivity contribution in [1.82, 2.24) is 4.90 Å². The van der Waals surface area contributed by atoms with Gasteiger partial charge in [-0.05, 0) is 26.0 Å². The molecule has 1 heterocycles. The monoisotopic (exact) mass is 279 g/mol. The van der Waals surface area contributed by atoms with E-state index in [1.165, 1.54) is 4.88 Å². The van der Waals surface area contributed by atoms with Gasteiger partial charge in [0.05, 0.1) is 5.60 Å². The maximum atomic E-state index is 10.4. The van der Waals surface area contributed by atoms with E-state index in [0.29, 0.717) is 0 Å². The van der Waals surface area contributed by atoms with E-state index in [4.69, 9.17) is 5.11 Å². The molecule has 104 valence electrons. The summed E-state index contributed by atoms with van der Waals surface area (Å²) in [5.74, 6) is 5.57. The predicted molar refractivity (Wildman–Crippen MR) is 78.0 cm³/mol. The first-order valence-electron chi connectivity index (χ1n) is 6.69. The molecule has 0 aromatic carbocycles. The molecule has 1 aliphatic rings. The standard InChI is InChI=1S/C15H21NO2S/c1-16(12-15(18)6-2-3-7-15)10-14-9-13(11-19-14)5-4-8-17/h9,11,17-18H,2-3,6-8,10,12H2,1H3.